The summed E-state index contributed by atoms with van der Waals surface area (Å²) in [6.45, 7) is -0.944. The van der Waals surface area contributed by atoms with Crippen LogP contribution in [0.2, 0.25) is 6.32 Å². The van der Waals surface area contributed by atoms with E-state index < -0.39 is 24.9 Å². The van der Waals surface area contributed by atoms with Crippen molar-refractivity contribution < 1.29 is 34.1 Å². The molecule has 1 atom stereocenters. The van der Waals surface area contributed by atoms with Gasteiger partial charge < -0.3 is 45.0 Å². The highest BCUT2D eigenvalue weighted by molar-refractivity contribution is 6.59. The summed E-state index contributed by atoms with van der Waals surface area (Å²) in [5.41, 5.74) is 6.62. The highest BCUT2D eigenvalue weighted by Crippen LogP contribution is 2.38. The van der Waals surface area contributed by atoms with Gasteiger partial charge in [-0.2, -0.15) is 0 Å². The Hall–Kier alpha value is -3.09. The lowest BCUT2D eigenvalue weighted by molar-refractivity contribution is -0.255. The highest BCUT2D eigenvalue weighted by Gasteiger charge is 2.37. The number of nitrogens with zero attached hydrogens (tertiary/aromatic N) is 2. The normalized spacial score (nSPS) is 18.7. The minimum Gasteiger partial charge on any atom is -0.669 e. The van der Waals surface area contributed by atoms with Crippen LogP contribution in [0.1, 0.15) is 33.5 Å². The quantitative estimate of drug-likeness (QED) is 0.411. The summed E-state index contributed by atoms with van der Waals surface area (Å²) in [6, 6.07) is 2.21. The number of rotatable bonds is 5. The predicted octanol–water partition coefficient (Wildman–Crippen LogP) is -1.77. The second-order valence-corrected chi connectivity index (χ2v) is 7.61. The van der Waals surface area contributed by atoms with Crippen LogP contribution in [-0.4, -0.2) is 62.7 Å². The molecule has 0 radical (unpaired) electrons. The van der Waals surface area contributed by atoms with Gasteiger partial charge in [0.05, 0.1) is 42.3 Å². The predicted molar refractivity (Wildman–Crippen MR) is 101 cm³/mol. The van der Waals surface area contributed by atoms with Gasteiger partial charge in [0.2, 0.25) is 5.91 Å². The summed E-state index contributed by atoms with van der Waals surface area (Å²) in [5.74, 6) is -1.39. The van der Waals surface area contributed by atoms with Gasteiger partial charge in [-0.3, -0.25) is 4.79 Å². The van der Waals surface area contributed by atoms with E-state index in [0.717, 1.165) is 0 Å². The first kappa shape index (κ1) is 20.2. The third-order valence-corrected chi connectivity index (χ3v) is 5.28. The molecule has 5 N–H and O–H groups in total. The number of aromatic amines is 1. The van der Waals surface area contributed by atoms with E-state index in [1.165, 1.54) is 17.2 Å². The molecule has 2 aliphatic heterocycles. The van der Waals surface area contributed by atoms with E-state index in [4.69, 9.17) is 15.1 Å². The fourth-order valence-electron chi connectivity index (χ4n) is 3.62. The summed E-state index contributed by atoms with van der Waals surface area (Å²) >= 11 is 0. The SMILES string of the molecule is Cc1ncc(C(N)C(=O)N2CC(Oc3ccc4c(c3C(=O)[O-])O[B-](O)(O)CC4)C2)[nH]1. The molecule has 2 aliphatic rings. The lowest BCUT2D eigenvalue weighted by atomic mass is 9.70. The van der Waals surface area contributed by atoms with Crippen LogP contribution in [0.5, 0.6) is 11.5 Å². The molecule has 0 saturated carbocycles. The molecule has 4 rings (SSSR count). The number of hydrogen-bond donors (Lipinski definition) is 4. The first-order valence-electron chi connectivity index (χ1n) is 9.53. The molecule has 11 nitrogen and oxygen atoms in total. The summed E-state index contributed by atoms with van der Waals surface area (Å²) in [7, 11) is 0. The molecule has 1 unspecified atom stereocenters. The standard InChI is InChI=1S/C18H22BN4O7/c1-9-21-6-12(22-9)15(20)17(24)23-7-11(8-23)29-13-3-2-10-4-5-19(27,28)30-16(10)14(13)18(25)26/h2-3,6,11,15,27-28H,4-5,7-8,20H2,1H3,(H,21,22)(H,25,26)/q-1/p-1. The van der Waals surface area contributed by atoms with Gasteiger partial charge in [-0.15, -0.1) is 0 Å². The molecule has 160 valence electrons. The molecule has 1 saturated heterocycles. The summed E-state index contributed by atoms with van der Waals surface area (Å²) in [5, 5.41) is 31.3. The second-order valence-electron chi connectivity index (χ2n) is 7.61. The van der Waals surface area contributed by atoms with Crippen molar-refractivity contribution >= 4 is 18.6 Å². The number of hydrogen-bond acceptors (Lipinski definition) is 9. The number of aryl methyl sites for hydroxylation is 2. The molecular weight excluding hydrogens is 395 g/mol. The fourth-order valence-corrected chi connectivity index (χ4v) is 3.62. The maximum absolute atomic E-state index is 12.5. The third-order valence-electron chi connectivity index (χ3n) is 5.28. The van der Waals surface area contributed by atoms with Crippen molar-refractivity contribution in [1.29, 1.82) is 0 Å². The smallest absolute Gasteiger partial charge is 0.430 e. The zero-order valence-corrected chi connectivity index (χ0v) is 16.2. The number of H-pyrrole nitrogens is 1. The average Bonchev–Trinajstić information content (AvgIpc) is 3.08. The van der Waals surface area contributed by atoms with Crippen LogP contribution >= 0.6 is 0 Å². The van der Waals surface area contributed by atoms with Crippen molar-refractivity contribution in [1.82, 2.24) is 14.9 Å². The summed E-state index contributed by atoms with van der Waals surface area (Å²) < 4.78 is 10.8. The Balaban J connectivity index is 1.45. The van der Waals surface area contributed by atoms with E-state index >= 15 is 0 Å². The number of nitrogens with one attached hydrogen (secondary N) is 1. The highest BCUT2D eigenvalue weighted by atomic mass is 16.6. The summed E-state index contributed by atoms with van der Waals surface area (Å²) in [4.78, 5) is 32.6. The van der Waals surface area contributed by atoms with Crippen LogP contribution < -0.4 is 20.2 Å². The van der Waals surface area contributed by atoms with Gasteiger partial charge in [0.1, 0.15) is 23.7 Å². The largest absolute Gasteiger partial charge is 0.669 e. The van der Waals surface area contributed by atoms with Crippen LogP contribution in [0.15, 0.2) is 18.3 Å². The molecule has 0 spiro atoms. The molecule has 0 aliphatic carbocycles. The minimum absolute atomic E-state index is 0.0205. The Morgan fingerprint density at radius 2 is 2.17 bits per heavy atom. The Labute approximate surface area is 171 Å². The van der Waals surface area contributed by atoms with Gasteiger partial charge in [0.25, 0.3) is 0 Å². The monoisotopic (exact) mass is 416 g/mol. The number of imidazole rings is 1. The Morgan fingerprint density at radius 3 is 2.80 bits per heavy atom. The Morgan fingerprint density at radius 1 is 1.43 bits per heavy atom. The average molecular weight is 416 g/mol. The fraction of sp³-hybridized carbons (Fsp3) is 0.389. The van der Waals surface area contributed by atoms with Gasteiger partial charge in [-0.1, -0.05) is 12.4 Å². The zero-order valence-electron chi connectivity index (χ0n) is 16.2. The van der Waals surface area contributed by atoms with E-state index in [1.54, 1.807) is 13.0 Å². The number of carbonyl (C=O) groups is 2. The molecular formula is C18H21BN4O7-2. The maximum atomic E-state index is 12.5. The molecule has 2 aromatic rings. The molecule has 1 aromatic carbocycles. The van der Waals surface area contributed by atoms with Crippen LogP contribution in [0.4, 0.5) is 0 Å². The number of nitrogens with two attached hydrogens (primary N) is 1. The van der Waals surface area contributed by atoms with Gasteiger partial charge in [-0.25, -0.2) is 4.98 Å². The molecule has 1 amide bonds. The van der Waals surface area contributed by atoms with Crippen molar-refractivity contribution in [2.24, 2.45) is 5.73 Å². The number of carbonyl (C=O) groups excluding carboxylic acids is 2. The van der Waals surface area contributed by atoms with Crippen molar-refractivity contribution in [2.75, 3.05) is 13.1 Å². The molecule has 0 bridgehead atoms. The number of aromatic nitrogens is 2. The number of fused-ring (bicyclic) bond motifs is 1. The number of amides is 1. The van der Waals surface area contributed by atoms with E-state index in [2.05, 4.69) is 9.97 Å². The number of carboxylic acids is 1. The van der Waals surface area contributed by atoms with Crippen LogP contribution in [0, 0.1) is 6.92 Å². The number of aromatic carboxylic acids is 1. The van der Waals surface area contributed by atoms with E-state index in [-0.39, 0.29) is 48.8 Å². The van der Waals surface area contributed by atoms with Gasteiger partial charge in [0.15, 0.2) is 0 Å². The lowest BCUT2D eigenvalue weighted by Crippen LogP contribution is -2.58. The minimum atomic E-state index is -3.14. The maximum Gasteiger partial charge on any atom is 0.430 e. The number of likely N-dealkylation sites (tertiary alicyclic amines) is 1. The van der Waals surface area contributed by atoms with Crippen molar-refractivity contribution in [3.05, 3.63) is 41.0 Å². The number of benzene rings is 1. The third kappa shape index (κ3) is 3.72. The number of carboxylic acid groups (broad SMARTS) is 1. The molecule has 12 heteroatoms. The van der Waals surface area contributed by atoms with Crippen molar-refractivity contribution in [3.8, 4) is 11.5 Å². The van der Waals surface area contributed by atoms with Gasteiger partial charge >= 0.3 is 6.75 Å². The van der Waals surface area contributed by atoms with Crippen LogP contribution in [0.25, 0.3) is 0 Å². The topological polar surface area (TPSA) is 174 Å². The van der Waals surface area contributed by atoms with Crippen LogP contribution in [0.3, 0.4) is 0 Å². The number of ether oxygens (including phenoxy) is 1. The van der Waals surface area contributed by atoms with Gasteiger partial charge in [0, 0.05) is 0 Å². The second kappa shape index (κ2) is 7.31. The molecule has 30 heavy (non-hydrogen) atoms. The molecule has 1 fully saturated rings. The van der Waals surface area contributed by atoms with Crippen LogP contribution in [-0.2, 0) is 11.2 Å². The molecule has 3 heterocycles. The van der Waals surface area contributed by atoms with E-state index in [0.29, 0.717) is 17.1 Å². The summed E-state index contributed by atoms with van der Waals surface area (Å²) in [6.07, 6.45) is 1.27. The van der Waals surface area contributed by atoms with Crippen molar-refractivity contribution in [3.63, 3.8) is 0 Å². The Kier molecular flexibility index (Phi) is 4.92. The zero-order chi connectivity index (χ0) is 21.6. The first-order chi connectivity index (χ1) is 14.1. The lowest BCUT2D eigenvalue weighted by Gasteiger charge is -2.41. The van der Waals surface area contributed by atoms with E-state index in [9.17, 15) is 24.7 Å². The van der Waals surface area contributed by atoms with Crippen molar-refractivity contribution in [2.45, 2.75) is 31.8 Å². The molecule has 1 aromatic heterocycles. The van der Waals surface area contributed by atoms with E-state index in [1.807, 2.05) is 0 Å². The first-order valence-corrected chi connectivity index (χ1v) is 9.53. The Bertz CT molecular complexity index is 1000. The van der Waals surface area contributed by atoms with Gasteiger partial charge in [-0.05, 0) is 25.0 Å².